The van der Waals surface area contributed by atoms with E-state index in [9.17, 15) is 13.6 Å². The third kappa shape index (κ3) is 4.71. The molecular weight excluding hydrogens is 322 g/mol. The van der Waals surface area contributed by atoms with Crippen molar-refractivity contribution >= 4 is 5.78 Å². The molecule has 3 nitrogen and oxygen atoms in total. The predicted octanol–water partition coefficient (Wildman–Crippen LogP) is 3.36. The van der Waals surface area contributed by atoms with Crippen LogP contribution in [0.4, 0.5) is 8.78 Å². The highest BCUT2D eigenvalue weighted by Crippen LogP contribution is 2.13. The quantitative estimate of drug-likeness (QED) is 0.751. The van der Waals surface area contributed by atoms with Gasteiger partial charge >= 0.3 is 0 Å². The summed E-state index contributed by atoms with van der Waals surface area (Å²) in [5, 5.41) is 0. The van der Waals surface area contributed by atoms with Crippen molar-refractivity contribution in [1.82, 2.24) is 9.80 Å². The third-order valence-corrected chi connectivity index (χ3v) is 4.65. The summed E-state index contributed by atoms with van der Waals surface area (Å²) in [7, 11) is 0. The van der Waals surface area contributed by atoms with E-state index in [0.717, 1.165) is 26.2 Å². The van der Waals surface area contributed by atoms with Gasteiger partial charge in [-0.2, -0.15) is 0 Å². The van der Waals surface area contributed by atoms with Gasteiger partial charge < -0.3 is 4.90 Å². The fraction of sp³-hybridized carbons (Fsp3) is 0.350. The molecular formula is C20H22F2N2O. The topological polar surface area (TPSA) is 23.6 Å². The van der Waals surface area contributed by atoms with Gasteiger partial charge in [0.05, 0.1) is 5.56 Å². The molecule has 0 aliphatic carbocycles. The van der Waals surface area contributed by atoms with Crippen molar-refractivity contribution in [3.63, 3.8) is 0 Å². The standard InChI is InChI=1S/C20H22F2N2O/c21-18-7-3-1-5-16(18)15-24-13-11-23(12-14-24)10-9-20(25)17-6-2-4-8-19(17)22/h1-8H,9-15H2. The number of hydrogen-bond donors (Lipinski definition) is 0. The largest absolute Gasteiger partial charge is 0.300 e. The Balaban J connectivity index is 1.44. The van der Waals surface area contributed by atoms with Gasteiger partial charge in [-0.1, -0.05) is 30.3 Å². The number of carbonyl (C=O) groups excluding carboxylic acids is 1. The zero-order valence-corrected chi connectivity index (χ0v) is 14.1. The first-order chi connectivity index (χ1) is 12.1. The van der Waals surface area contributed by atoms with Crippen LogP contribution in [-0.2, 0) is 6.54 Å². The van der Waals surface area contributed by atoms with Gasteiger partial charge in [-0.25, -0.2) is 8.78 Å². The van der Waals surface area contributed by atoms with Gasteiger partial charge in [-0.05, 0) is 18.2 Å². The van der Waals surface area contributed by atoms with E-state index in [2.05, 4.69) is 9.80 Å². The van der Waals surface area contributed by atoms with Gasteiger partial charge in [-0.3, -0.25) is 9.69 Å². The fourth-order valence-electron chi connectivity index (χ4n) is 3.12. The average molecular weight is 344 g/mol. The molecule has 1 heterocycles. The van der Waals surface area contributed by atoms with E-state index < -0.39 is 5.82 Å². The summed E-state index contributed by atoms with van der Waals surface area (Å²) in [6.07, 6.45) is 0.314. The monoisotopic (exact) mass is 344 g/mol. The summed E-state index contributed by atoms with van der Waals surface area (Å²) < 4.78 is 27.3. The van der Waals surface area contributed by atoms with E-state index in [1.807, 2.05) is 12.1 Å². The van der Waals surface area contributed by atoms with Gasteiger partial charge in [0.15, 0.2) is 5.78 Å². The van der Waals surface area contributed by atoms with Crippen LogP contribution < -0.4 is 0 Å². The summed E-state index contributed by atoms with van der Waals surface area (Å²) in [6.45, 7) is 4.57. The SMILES string of the molecule is O=C(CCN1CCN(Cc2ccccc2F)CC1)c1ccccc1F. The summed E-state index contributed by atoms with van der Waals surface area (Å²) in [5.74, 6) is -0.783. The van der Waals surface area contributed by atoms with Gasteiger partial charge in [0.25, 0.3) is 0 Å². The highest BCUT2D eigenvalue weighted by molar-refractivity contribution is 5.96. The Kier molecular flexibility index (Phi) is 5.89. The smallest absolute Gasteiger partial charge is 0.167 e. The third-order valence-electron chi connectivity index (χ3n) is 4.65. The summed E-state index contributed by atoms with van der Waals surface area (Å²) in [4.78, 5) is 16.6. The van der Waals surface area contributed by atoms with Crippen LogP contribution in [0.5, 0.6) is 0 Å². The van der Waals surface area contributed by atoms with Crippen LogP contribution >= 0.6 is 0 Å². The van der Waals surface area contributed by atoms with E-state index in [0.29, 0.717) is 25.1 Å². The van der Waals surface area contributed by atoms with Crippen molar-refractivity contribution in [2.24, 2.45) is 0 Å². The Morgan fingerprint density at radius 3 is 2.12 bits per heavy atom. The zero-order valence-electron chi connectivity index (χ0n) is 14.1. The minimum Gasteiger partial charge on any atom is -0.300 e. The number of halogens is 2. The lowest BCUT2D eigenvalue weighted by Gasteiger charge is -2.34. The molecule has 1 saturated heterocycles. The Hall–Kier alpha value is -2.11. The van der Waals surface area contributed by atoms with Crippen LogP contribution in [0.3, 0.4) is 0 Å². The van der Waals surface area contributed by atoms with Crippen molar-refractivity contribution in [1.29, 1.82) is 0 Å². The number of Topliss-reactive ketones (excluding diaryl/α,β-unsaturated/α-hetero) is 1. The molecule has 1 aliphatic heterocycles. The van der Waals surface area contributed by atoms with Crippen LogP contribution in [0, 0.1) is 11.6 Å². The molecule has 0 unspecified atom stereocenters. The van der Waals surface area contributed by atoms with E-state index in [4.69, 9.17) is 0 Å². The molecule has 132 valence electrons. The van der Waals surface area contributed by atoms with Crippen LogP contribution in [0.25, 0.3) is 0 Å². The lowest BCUT2D eigenvalue weighted by Crippen LogP contribution is -2.46. The van der Waals surface area contributed by atoms with Crippen molar-refractivity contribution in [2.45, 2.75) is 13.0 Å². The first kappa shape index (κ1) is 17.7. The molecule has 5 heteroatoms. The molecule has 0 radical (unpaired) electrons. The molecule has 25 heavy (non-hydrogen) atoms. The fourth-order valence-corrected chi connectivity index (χ4v) is 3.12. The second-order valence-corrected chi connectivity index (χ2v) is 6.36. The normalized spacial score (nSPS) is 16.1. The average Bonchev–Trinajstić information content (AvgIpc) is 2.63. The molecule has 0 amide bonds. The van der Waals surface area contributed by atoms with Crippen LogP contribution in [0.2, 0.25) is 0 Å². The van der Waals surface area contributed by atoms with Crippen molar-refractivity contribution in [3.8, 4) is 0 Å². The molecule has 0 atom stereocenters. The van der Waals surface area contributed by atoms with E-state index >= 15 is 0 Å². The predicted molar refractivity (Wildman–Crippen MR) is 93.5 cm³/mol. The molecule has 3 rings (SSSR count). The molecule has 1 aliphatic rings. The van der Waals surface area contributed by atoms with Crippen LogP contribution in [0.15, 0.2) is 48.5 Å². The summed E-state index contributed by atoms with van der Waals surface area (Å²) in [6, 6.07) is 13.0. The van der Waals surface area contributed by atoms with E-state index in [1.54, 1.807) is 18.2 Å². The highest BCUT2D eigenvalue weighted by Gasteiger charge is 2.19. The zero-order chi connectivity index (χ0) is 17.6. The lowest BCUT2D eigenvalue weighted by atomic mass is 10.1. The van der Waals surface area contributed by atoms with Gasteiger partial charge in [0.2, 0.25) is 0 Å². The molecule has 0 aromatic heterocycles. The highest BCUT2D eigenvalue weighted by atomic mass is 19.1. The number of hydrogen-bond acceptors (Lipinski definition) is 3. The Morgan fingerprint density at radius 2 is 1.44 bits per heavy atom. The molecule has 2 aromatic carbocycles. The Labute approximate surface area is 146 Å². The van der Waals surface area contributed by atoms with Gasteiger partial charge in [0.1, 0.15) is 11.6 Å². The minimum absolute atomic E-state index is 0.160. The van der Waals surface area contributed by atoms with Crippen molar-refractivity contribution in [2.75, 3.05) is 32.7 Å². The molecule has 0 saturated carbocycles. The van der Waals surface area contributed by atoms with Gasteiger partial charge in [-0.15, -0.1) is 0 Å². The molecule has 1 fully saturated rings. The molecule has 0 bridgehead atoms. The van der Waals surface area contributed by atoms with Crippen molar-refractivity contribution < 1.29 is 13.6 Å². The molecule has 0 spiro atoms. The second kappa shape index (κ2) is 8.32. The van der Waals surface area contributed by atoms with Crippen molar-refractivity contribution in [3.05, 3.63) is 71.3 Å². The Bertz CT molecular complexity index is 727. The number of ketones is 1. The maximum Gasteiger partial charge on any atom is 0.167 e. The Morgan fingerprint density at radius 1 is 0.840 bits per heavy atom. The number of nitrogens with zero attached hydrogens (tertiary/aromatic N) is 2. The van der Waals surface area contributed by atoms with E-state index in [-0.39, 0.29) is 17.2 Å². The first-order valence-corrected chi connectivity index (χ1v) is 8.59. The van der Waals surface area contributed by atoms with Crippen LogP contribution in [-0.4, -0.2) is 48.3 Å². The number of carbonyl (C=O) groups is 1. The van der Waals surface area contributed by atoms with Gasteiger partial charge in [0, 0.05) is 51.3 Å². The lowest BCUT2D eigenvalue weighted by molar-refractivity contribution is 0.0918. The summed E-state index contributed by atoms with van der Waals surface area (Å²) in [5.41, 5.74) is 0.881. The second-order valence-electron chi connectivity index (χ2n) is 6.36. The number of benzene rings is 2. The van der Waals surface area contributed by atoms with Crippen LogP contribution in [0.1, 0.15) is 22.3 Å². The summed E-state index contributed by atoms with van der Waals surface area (Å²) >= 11 is 0. The number of piperazine rings is 1. The first-order valence-electron chi connectivity index (χ1n) is 8.59. The minimum atomic E-state index is -0.456. The van der Waals surface area contributed by atoms with E-state index in [1.165, 1.54) is 18.2 Å². The molecule has 0 N–H and O–H groups in total. The maximum atomic E-state index is 13.7. The number of rotatable bonds is 6. The molecule has 2 aromatic rings. The maximum absolute atomic E-state index is 13.7.